The van der Waals surface area contributed by atoms with Crippen LogP contribution >= 0.6 is 34.8 Å². The van der Waals surface area contributed by atoms with E-state index in [4.69, 9.17) is 44.6 Å². The molecule has 2 aromatic carbocycles. The van der Waals surface area contributed by atoms with Crippen molar-refractivity contribution in [2.45, 2.75) is 36.4 Å². The Balaban J connectivity index is 1.42. The number of ether oxygens (including phenoxy) is 1. The smallest absolute Gasteiger partial charge is 0.335 e. The summed E-state index contributed by atoms with van der Waals surface area (Å²) in [6.45, 7) is 1.02. The Kier molecular flexibility index (Phi) is 5.45. The van der Waals surface area contributed by atoms with Crippen molar-refractivity contribution in [3.63, 3.8) is 0 Å². The normalized spacial score (nSPS) is 26.5. The molecule has 2 N–H and O–H groups in total. The highest BCUT2D eigenvalue weighted by atomic mass is 35.5. The van der Waals surface area contributed by atoms with E-state index in [0.717, 1.165) is 24.0 Å². The summed E-state index contributed by atoms with van der Waals surface area (Å²) < 4.78 is 8.22. The van der Waals surface area contributed by atoms with E-state index in [-0.39, 0.29) is 33.9 Å². The van der Waals surface area contributed by atoms with Crippen molar-refractivity contribution in [3.05, 3.63) is 80.6 Å². The van der Waals surface area contributed by atoms with Crippen molar-refractivity contribution < 1.29 is 19.4 Å². The van der Waals surface area contributed by atoms with Gasteiger partial charge in [0.15, 0.2) is 0 Å². The number of aromatic carboxylic acids is 1. The number of rotatable bonds is 4. The lowest BCUT2D eigenvalue weighted by Gasteiger charge is -2.39. The molecule has 0 unspecified atom stereocenters. The van der Waals surface area contributed by atoms with Crippen LogP contribution < -0.4 is 10.1 Å². The van der Waals surface area contributed by atoms with Crippen LogP contribution in [0, 0.1) is 5.92 Å². The molecule has 1 spiro atoms. The summed E-state index contributed by atoms with van der Waals surface area (Å²) in [5.41, 5.74) is 1.73. The number of halogens is 3. The van der Waals surface area contributed by atoms with Crippen LogP contribution in [0.5, 0.6) is 5.88 Å². The second-order valence-electron chi connectivity index (χ2n) is 11.2. The maximum atomic E-state index is 14.5. The highest BCUT2D eigenvalue weighted by Gasteiger charge is 2.69. The number of aromatic nitrogens is 3. The van der Waals surface area contributed by atoms with Crippen molar-refractivity contribution in [1.82, 2.24) is 19.7 Å². The van der Waals surface area contributed by atoms with Crippen molar-refractivity contribution in [1.29, 1.82) is 0 Å². The molecule has 208 valence electrons. The number of carboxylic acid groups (broad SMARTS) is 1. The monoisotopic (exact) mass is 609 g/mol. The van der Waals surface area contributed by atoms with Gasteiger partial charge in [-0.05, 0) is 66.8 Å². The average Bonchev–Trinajstić information content (AvgIpc) is 3.51. The second-order valence-corrected chi connectivity index (χ2v) is 12.4. The molecule has 12 heteroatoms. The van der Waals surface area contributed by atoms with Crippen molar-refractivity contribution in [3.8, 4) is 5.88 Å². The molecule has 4 aliphatic rings. The number of likely N-dealkylation sites (tertiary alicyclic amines) is 1. The summed E-state index contributed by atoms with van der Waals surface area (Å²) in [6.07, 6.45) is 2.18. The van der Waals surface area contributed by atoms with E-state index in [1.807, 2.05) is 10.7 Å². The Bertz CT molecular complexity index is 1790. The molecule has 2 aromatic heterocycles. The van der Waals surface area contributed by atoms with Crippen molar-refractivity contribution >= 4 is 63.3 Å². The maximum absolute atomic E-state index is 14.5. The van der Waals surface area contributed by atoms with Gasteiger partial charge in [-0.3, -0.25) is 9.69 Å². The predicted octanol–water partition coefficient (Wildman–Crippen LogP) is 5.75. The number of pyridine rings is 1. The summed E-state index contributed by atoms with van der Waals surface area (Å²) in [7, 11) is 0. The summed E-state index contributed by atoms with van der Waals surface area (Å²) in [5, 5.41) is 19.3. The average molecular weight is 611 g/mol. The van der Waals surface area contributed by atoms with E-state index in [9.17, 15) is 14.7 Å². The van der Waals surface area contributed by atoms with E-state index >= 15 is 0 Å². The first-order valence-electron chi connectivity index (χ1n) is 13.4. The van der Waals surface area contributed by atoms with Crippen LogP contribution in [0.15, 0.2) is 48.5 Å². The third kappa shape index (κ3) is 3.59. The van der Waals surface area contributed by atoms with Gasteiger partial charge in [0.2, 0.25) is 11.8 Å². The van der Waals surface area contributed by atoms with Crippen LogP contribution in [0.1, 0.15) is 46.3 Å². The number of hydrogen-bond acceptors (Lipinski definition) is 6. The summed E-state index contributed by atoms with van der Waals surface area (Å²) in [4.78, 5) is 32.6. The van der Waals surface area contributed by atoms with Gasteiger partial charge in [0.25, 0.3) is 0 Å². The zero-order chi connectivity index (χ0) is 28.2. The standard InChI is InChI=1S/C29H22Cl3N5O4/c30-16-4-6-18-20(10-16)33-28(40)29(18)24(15-8-22(31)34-23(32)9-15)25-21(36(29)11-13-1-2-13)12-41-26-17-5-3-14(27(38)39)7-19(17)35-37(25)26/h3-10,13,21,24-25H,1-2,11-12H2,(H,33,40)(H,38,39)/t21-,24-,25+,29+/m0/s1. The topological polar surface area (TPSA) is 110 Å². The zero-order valence-corrected chi connectivity index (χ0v) is 23.6. The van der Waals surface area contributed by atoms with Gasteiger partial charge in [-0.25, -0.2) is 14.5 Å². The van der Waals surface area contributed by atoms with E-state index < -0.39 is 17.4 Å². The van der Waals surface area contributed by atoms with E-state index in [1.54, 1.807) is 42.5 Å². The molecule has 0 bridgehead atoms. The molecule has 1 saturated heterocycles. The fourth-order valence-electron chi connectivity index (χ4n) is 7.16. The lowest BCUT2D eigenvalue weighted by molar-refractivity contribution is -0.128. The van der Waals surface area contributed by atoms with Crippen molar-refractivity contribution in [2.24, 2.45) is 5.92 Å². The molecule has 1 saturated carbocycles. The number of nitrogens with zero attached hydrogens (tertiary/aromatic N) is 4. The lowest BCUT2D eigenvalue weighted by Crippen LogP contribution is -2.53. The number of carbonyl (C=O) groups is 2. The van der Waals surface area contributed by atoms with Gasteiger partial charge in [0.1, 0.15) is 22.5 Å². The summed E-state index contributed by atoms with van der Waals surface area (Å²) >= 11 is 19.3. The summed E-state index contributed by atoms with van der Waals surface area (Å²) in [6, 6.07) is 13.2. The fourth-order valence-corrected chi connectivity index (χ4v) is 7.80. The second kappa shape index (κ2) is 8.82. The molecule has 8 rings (SSSR count). The molecular weight excluding hydrogens is 589 g/mol. The Morgan fingerprint density at radius 3 is 2.61 bits per heavy atom. The van der Waals surface area contributed by atoms with Gasteiger partial charge in [-0.2, -0.15) is 5.10 Å². The highest BCUT2D eigenvalue weighted by Crippen LogP contribution is 2.63. The Morgan fingerprint density at radius 2 is 1.88 bits per heavy atom. The molecule has 3 aliphatic heterocycles. The number of hydrogen-bond donors (Lipinski definition) is 2. The molecule has 4 atom stereocenters. The first kappa shape index (κ1) is 25.3. The third-order valence-corrected chi connectivity index (χ3v) is 9.52. The Hall–Kier alpha value is -3.37. The quantitative estimate of drug-likeness (QED) is 0.283. The van der Waals surface area contributed by atoms with Crippen LogP contribution in [0.25, 0.3) is 10.9 Å². The Labute approximate surface area is 248 Å². The minimum Gasteiger partial charge on any atom is -0.478 e. The molecule has 2 fully saturated rings. The largest absolute Gasteiger partial charge is 0.478 e. The minimum atomic E-state index is -1.14. The van der Waals surface area contributed by atoms with Gasteiger partial charge in [-0.1, -0.05) is 40.9 Å². The SMILES string of the molecule is O=C(O)c1ccc2c3n(nc2c1)[C@@H]1[C@H](CO3)N(CC2CC2)[C@@]2(C(=O)Nc3cc(Cl)ccc32)[C@H]1c1cc(Cl)nc(Cl)c1. The van der Waals surface area contributed by atoms with E-state index in [0.29, 0.717) is 46.6 Å². The first-order chi connectivity index (χ1) is 19.8. The molecule has 4 aromatic rings. The lowest BCUT2D eigenvalue weighted by atomic mass is 9.73. The van der Waals surface area contributed by atoms with Crippen LogP contribution in [0.3, 0.4) is 0 Å². The molecule has 1 aliphatic carbocycles. The van der Waals surface area contributed by atoms with E-state index in [2.05, 4.69) is 15.2 Å². The predicted molar refractivity (Wildman–Crippen MR) is 153 cm³/mol. The summed E-state index contributed by atoms with van der Waals surface area (Å²) in [5.74, 6) is -0.708. The highest BCUT2D eigenvalue weighted by molar-refractivity contribution is 6.32. The molecular formula is C29H22Cl3N5O4. The van der Waals surface area contributed by atoms with Crippen LogP contribution in [-0.2, 0) is 10.3 Å². The minimum absolute atomic E-state index is 0.132. The number of anilines is 1. The van der Waals surface area contributed by atoms with Crippen molar-refractivity contribution in [2.75, 3.05) is 18.5 Å². The number of carbonyl (C=O) groups excluding carboxylic acids is 1. The zero-order valence-electron chi connectivity index (χ0n) is 21.4. The molecule has 1 amide bonds. The first-order valence-corrected chi connectivity index (χ1v) is 14.5. The number of carboxylic acids is 1. The fraction of sp³-hybridized carbons (Fsp3) is 0.310. The molecule has 9 nitrogen and oxygen atoms in total. The van der Waals surface area contributed by atoms with Gasteiger partial charge in [0, 0.05) is 28.7 Å². The van der Waals surface area contributed by atoms with Gasteiger partial charge < -0.3 is 15.2 Å². The third-order valence-electron chi connectivity index (χ3n) is 8.89. The van der Waals surface area contributed by atoms with Crippen LogP contribution in [-0.4, -0.2) is 55.8 Å². The number of amides is 1. The maximum Gasteiger partial charge on any atom is 0.335 e. The molecule has 41 heavy (non-hydrogen) atoms. The van der Waals surface area contributed by atoms with Gasteiger partial charge in [0.05, 0.1) is 28.6 Å². The van der Waals surface area contributed by atoms with Crippen LogP contribution in [0.2, 0.25) is 15.3 Å². The molecule has 5 heterocycles. The Morgan fingerprint density at radius 1 is 1.10 bits per heavy atom. The number of benzene rings is 2. The van der Waals surface area contributed by atoms with Crippen LogP contribution in [0.4, 0.5) is 5.69 Å². The van der Waals surface area contributed by atoms with Gasteiger partial charge >= 0.3 is 5.97 Å². The van der Waals surface area contributed by atoms with Gasteiger partial charge in [-0.15, -0.1) is 0 Å². The number of fused-ring (bicyclic) bond motifs is 7. The molecule has 0 radical (unpaired) electrons. The van der Waals surface area contributed by atoms with E-state index in [1.165, 1.54) is 0 Å². The number of nitrogens with one attached hydrogen (secondary N) is 1.